The van der Waals surface area contributed by atoms with Crippen LogP contribution in [0.25, 0.3) is 0 Å². The van der Waals surface area contributed by atoms with E-state index in [4.69, 9.17) is 4.74 Å². The number of halogens is 1. The number of amides is 3. The third kappa shape index (κ3) is 4.80. The third-order valence-electron chi connectivity index (χ3n) is 5.83. The van der Waals surface area contributed by atoms with Gasteiger partial charge in [-0.3, -0.25) is 14.4 Å². The minimum atomic E-state index is -0.647. The summed E-state index contributed by atoms with van der Waals surface area (Å²) in [4.78, 5) is 39.3. The molecule has 2 fully saturated rings. The van der Waals surface area contributed by atoms with Crippen molar-refractivity contribution in [1.82, 2.24) is 5.32 Å². The Hall–Kier alpha value is -3.26. The molecule has 8 heteroatoms. The first-order chi connectivity index (χ1) is 15.4. The maximum atomic E-state index is 14.3. The van der Waals surface area contributed by atoms with Crippen molar-refractivity contribution < 1.29 is 23.5 Å². The van der Waals surface area contributed by atoms with E-state index in [1.54, 1.807) is 43.3 Å². The Morgan fingerprint density at radius 2 is 2.03 bits per heavy atom. The van der Waals surface area contributed by atoms with Crippen LogP contribution >= 0.6 is 0 Å². The molecule has 0 aliphatic carbocycles. The summed E-state index contributed by atoms with van der Waals surface area (Å²) in [5.74, 6) is -2.13. The lowest BCUT2D eigenvalue weighted by Gasteiger charge is -2.18. The Labute approximate surface area is 185 Å². The molecule has 2 unspecified atom stereocenters. The van der Waals surface area contributed by atoms with Crippen LogP contribution in [0.5, 0.6) is 0 Å². The van der Waals surface area contributed by atoms with Gasteiger partial charge in [0.05, 0.1) is 29.0 Å². The Balaban J connectivity index is 1.42. The molecule has 2 N–H and O–H groups in total. The van der Waals surface area contributed by atoms with Crippen molar-refractivity contribution in [2.75, 3.05) is 29.9 Å². The van der Waals surface area contributed by atoms with Crippen LogP contribution in [0.1, 0.15) is 35.2 Å². The summed E-state index contributed by atoms with van der Waals surface area (Å²) in [6.45, 7) is 2.97. The monoisotopic (exact) mass is 439 g/mol. The van der Waals surface area contributed by atoms with E-state index in [0.29, 0.717) is 24.4 Å². The molecule has 2 aromatic carbocycles. The molecule has 3 amide bonds. The fraction of sp³-hybridized carbons (Fsp3) is 0.375. The maximum Gasteiger partial charge on any atom is 0.253 e. The highest BCUT2D eigenvalue weighted by atomic mass is 19.1. The van der Waals surface area contributed by atoms with E-state index in [1.807, 2.05) is 0 Å². The fourth-order valence-electron chi connectivity index (χ4n) is 4.08. The molecule has 2 heterocycles. The average molecular weight is 439 g/mol. The lowest BCUT2D eigenvalue weighted by atomic mass is 10.1. The van der Waals surface area contributed by atoms with Crippen molar-refractivity contribution in [3.8, 4) is 0 Å². The summed E-state index contributed by atoms with van der Waals surface area (Å²) >= 11 is 0. The number of ether oxygens (including phenoxy) is 1. The molecule has 0 bridgehead atoms. The Kier molecular flexibility index (Phi) is 6.50. The zero-order chi connectivity index (χ0) is 22.7. The van der Waals surface area contributed by atoms with Gasteiger partial charge in [0.2, 0.25) is 11.8 Å². The molecule has 7 nitrogen and oxygen atoms in total. The number of carbonyl (C=O) groups excluding carboxylic acids is 3. The third-order valence-corrected chi connectivity index (χ3v) is 5.83. The normalized spacial score (nSPS) is 20.4. The van der Waals surface area contributed by atoms with Gasteiger partial charge >= 0.3 is 0 Å². The summed E-state index contributed by atoms with van der Waals surface area (Å²) in [5.41, 5.74) is 1.63. The van der Waals surface area contributed by atoms with E-state index in [0.717, 1.165) is 18.4 Å². The summed E-state index contributed by atoms with van der Waals surface area (Å²) < 4.78 is 19.9. The van der Waals surface area contributed by atoms with Crippen LogP contribution in [-0.4, -0.2) is 43.5 Å². The minimum absolute atomic E-state index is 0.0124. The van der Waals surface area contributed by atoms with Gasteiger partial charge in [-0.15, -0.1) is 0 Å². The van der Waals surface area contributed by atoms with E-state index in [2.05, 4.69) is 10.6 Å². The van der Waals surface area contributed by atoms with Gasteiger partial charge in [0.25, 0.3) is 5.91 Å². The molecule has 0 saturated carbocycles. The van der Waals surface area contributed by atoms with Gasteiger partial charge < -0.3 is 20.3 Å². The summed E-state index contributed by atoms with van der Waals surface area (Å²) in [6, 6.07) is 11.4. The van der Waals surface area contributed by atoms with Gasteiger partial charge in [0, 0.05) is 26.1 Å². The summed E-state index contributed by atoms with van der Waals surface area (Å²) in [5, 5.41) is 5.63. The van der Waals surface area contributed by atoms with Crippen molar-refractivity contribution in [3.63, 3.8) is 0 Å². The number of aryl methyl sites for hydroxylation is 1. The number of para-hydroxylation sites is 1. The molecule has 2 aliphatic rings. The second-order valence-electron chi connectivity index (χ2n) is 8.24. The van der Waals surface area contributed by atoms with Crippen LogP contribution in [0.4, 0.5) is 15.8 Å². The van der Waals surface area contributed by atoms with Crippen LogP contribution in [0, 0.1) is 18.7 Å². The number of hydrogen-bond acceptors (Lipinski definition) is 4. The lowest BCUT2D eigenvalue weighted by molar-refractivity contribution is -0.122. The second kappa shape index (κ2) is 9.48. The largest absolute Gasteiger partial charge is 0.376 e. The molecule has 2 aromatic rings. The molecule has 0 aromatic heterocycles. The quantitative estimate of drug-likeness (QED) is 0.724. The number of hydrogen-bond donors (Lipinski definition) is 2. The predicted octanol–water partition coefficient (Wildman–Crippen LogP) is 3.03. The SMILES string of the molecule is Cc1ccc(N2CC(C(=O)Nc3ccccc3C(=O)NCC3CCCO3)CC2=O)c(F)c1. The maximum absolute atomic E-state index is 14.3. The first-order valence-corrected chi connectivity index (χ1v) is 10.8. The Morgan fingerprint density at radius 1 is 1.22 bits per heavy atom. The van der Waals surface area contributed by atoms with Crippen molar-refractivity contribution in [2.45, 2.75) is 32.3 Å². The molecular weight excluding hydrogens is 413 g/mol. The number of nitrogens with one attached hydrogen (secondary N) is 2. The fourth-order valence-corrected chi connectivity index (χ4v) is 4.08. The zero-order valence-electron chi connectivity index (χ0n) is 17.9. The van der Waals surface area contributed by atoms with Crippen LogP contribution in [0.3, 0.4) is 0 Å². The summed E-state index contributed by atoms with van der Waals surface area (Å²) in [6.07, 6.45) is 1.88. The molecule has 2 atom stereocenters. The van der Waals surface area contributed by atoms with E-state index in [1.165, 1.54) is 11.0 Å². The molecule has 32 heavy (non-hydrogen) atoms. The molecule has 2 saturated heterocycles. The van der Waals surface area contributed by atoms with E-state index in [9.17, 15) is 18.8 Å². The van der Waals surface area contributed by atoms with Crippen molar-refractivity contribution in [2.24, 2.45) is 5.92 Å². The van der Waals surface area contributed by atoms with Crippen molar-refractivity contribution in [1.29, 1.82) is 0 Å². The van der Waals surface area contributed by atoms with Crippen molar-refractivity contribution in [3.05, 3.63) is 59.4 Å². The van der Waals surface area contributed by atoms with Gasteiger partial charge in [0.1, 0.15) is 5.82 Å². The molecular formula is C24H26FN3O4. The number of benzene rings is 2. The number of rotatable bonds is 6. The lowest BCUT2D eigenvalue weighted by Crippen LogP contribution is -2.33. The number of anilines is 2. The first kappa shape index (κ1) is 22.0. The highest BCUT2D eigenvalue weighted by molar-refractivity contribution is 6.07. The van der Waals surface area contributed by atoms with Crippen molar-refractivity contribution >= 4 is 29.1 Å². The van der Waals surface area contributed by atoms with Crippen LogP contribution < -0.4 is 15.5 Å². The summed E-state index contributed by atoms with van der Waals surface area (Å²) in [7, 11) is 0. The number of nitrogens with zero attached hydrogens (tertiary/aromatic N) is 1. The standard InChI is InChI=1S/C24H26FN3O4/c1-15-8-9-21(19(25)11-15)28-14-16(12-22(28)29)23(30)27-20-7-3-2-6-18(20)24(31)26-13-17-5-4-10-32-17/h2-3,6-9,11,16-17H,4-5,10,12-14H2,1H3,(H,26,31)(H,27,30). The highest BCUT2D eigenvalue weighted by Gasteiger charge is 2.36. The molecule has 0 radical (unpaired) electrons. The van der Waals surface area contributed by atoms with Gasteiger partial charge in [-0.1, -0.05) is 18.2 Å². The van der Waals surface area contributed by atoms with E-state index < -0.39 is 11.7 Å². The van der Waals surface area contributed by atoms with Gasteiger partial charge in [-0.05, 0) is 49.6 Å². The molecule has 0 spiro atoms. The molecule has 168 valence electrons. The average Bonchev–Trinajstić information content (AvgIpc) is 3.42. The van der Waals surface area contributed by atoms with E-state index in [-0.39, 0.29) is 42.5 Å². The van der Waals surface area contributed by atoms with Gasteiger partial charge in [0.15, 0.2) is 0 Å². The topological polar surface area (TPSA) is 87.7 Å². The van der Waals surface area contributed by atoms with Gasteiger partial charge in [-0.2, -0.15) is 0 Å². The van der Waals surface area contributed by atoms with Crippen LogP contribution in [0.15, 0.2) is 42.5 Å². The first-order valence-electron chi connectivity index (χ1n) is 10.8. The highest BCUT2D eigenvalue weighted by Crippen LogP contribution is 2.29. The Morgan fingerprint density at radius 3 is 2.78 bits per heavy atom. The minimum Gasteiger partial charge on any atom is -0.376 e. The van der Waals surface area contributed by atoms with Gasteiger partial charge in [-0.25, -0.2) is 4.39 Å². The zero-order valence-corrected chi connectivity index (χ0v) is 17.9. The van der Waals surface area contributed by atoms with E-state index >= 15 is 0 Å². The molecule has 4 rings (SSSR count). The number of carbonyl (C=O) groups is 3. The Bertz CT molecular complexity index is 1040. The van der Waals surface area contributed by atoms with Crippen LogP contribution in [0.2, 0.25) is 0 Å². The second-order valence-corrected chi connectivity index (χ2v) is 8.24. The predicted molar refractivity (Wildman–Crippen MR) is 118 cm³/mol. The smallest absolute Gasteiger partial charge is 0.253 e. The molecule has 2 aliphatic heterocycles. The van der Waals surface area contributed by atoms with Crippen LogP contribution in [-0.2, 0) is 14.3 Å².